The molecule has 1 N–H and O–H groups in total. The summed E-state index contributed by atoms with van der Waals surface area (Å²) in [6.07, 6.45) is -3.34. The van der Waals surface area contributed by atoms with Crippen molar-refractivity contribution >= 4 is 5.91 Å². The molecule has 1 aromatic carbocycles. The first-order valence-electron chi connectivity index (χ1n) is 6.96. The maximum absolute atomic E-state index is 12.5. The Morgan fingerprint density at radius 2 is 2.19 bits per heavy atom. The first-order valence-corrected chi connectivity index (χ1v) is 6.96. The maximum atomic E-state index is 12.5. The Hall–Kier alpha value is -1.72. The van der Waals surface area contributed by atoms with Gasteiger partial charge in [0.2, 0.25) is 0 Å². The average molecular weight is 299 g/mol. The summed E-state index contributed by atoms with van der Waals surface area (Å²) >= 11 is 0. The highest BCUT2D eigenvalue weighted by Crippen LogP contribution is 2.59. The Bertz CT molecular complexity index is 599. The van der Waals surface area contributed by atoms with Gasteiger partial charge in [-0.15, -0.1) is 0 Å². The molecule has 1 aliphatic heterocycles. The summed E-state index contributed by atoms with van der Waals surface area (Å²) in [7, 11) is 0. The molecule has 1 aliphatic carbocycles. The van der Waals surface area contributed by atoms with Crippen molar-refractivity contribution in [2.45, 2.75) is 31.4 Å². The van der Waals surface area contributed by atoms with Gasteiger partial charge < -0.3 is 10.0 Å². The van der Waals surface area contributed by atoms with Crippen LogP contribution in [0.5, 0.6) is 5.75 Å². The molecule has 114 valence electrons. The van der Waals surface area contributed by atoms with Gasteiger partial charge in [-0.3, -0.25) is 4.79 Å². The number of phenolic OH excluding ortho intramolecular Hbond substituents is 1. The Kier molecular flexibility index (Phi) is 2.97. The fourth-order valence-electron chi connectivity index (χ4n) is 3.44. The molecule has 2 atom stereocenters. The second-order valence-corrected chi connectivity index (χ2v) is 5.94. The number of carbonyl (C=O) groups excluding carboxylic acids is 1. The van der Waals surface area contributed by atoms with E-state index in [4.69, 9.17) is 0 Å². The minimum Gasteiger partial charge on any atom is -0.508 e. The van der Waals surface area contributed by atoms with Crippen LogP contribution in [0.3, 0.4) is 0 Å². The largest absolute Gasteiger partial charge is 0.508 e. The number of hydrogen-bond acceptors (Lipinski definition) is 2. The van der Waals surface area contributed by atoms with E-state index < -0.39 is 12.1 Å². The summed E-state index contributed by atoms with van der Waals surface area (Å²) in [4.78, 5) is 12.3. The number of alkyl halides is 3. The molecule has 0 aromatic heterocycles. The lowest BCUT2D eigenvalue weighted by molar-refractivity contribution is -0.184. The van der Waals surface area contributed by atoms with E-state index in [1.165, 1.54) is 0 Å². The van der Waals surface area contributed by atoms with Gasteiger partial charge in [-0.05, 0) is 36.0 Å². The van der Waals surface area contributed by atoms with Gasteiger partial charge >= 0.3 is 12.1 Å². The summed E-state index contributed by atoms with van der Waals surface area (Å²) in [5.74, 6) is -1.45. The molecular formula is C15H16F3NO2. The summed E-state index contributed by atoms with van der Waals surface area (Å²) in [6, 6.07) is 5.21. The van der Waals surface area contributed by atoms with Crippen molar-refractivity contribution < 1.29 is 23.1 Å². The van der Waals surface area contributed by atoms with Gasteiger partial charge in [-0.1, -0.05) is 19.1 Å². The number of likely N-dealkylation sites (tertiary alicyclic amines) is 1. The number of phenols is 1. The highest BCUT2D eigenvalue weighted by atomic mass is 19.4. The molecule has 1 saturated heterocycles. The van der Waals surface area contributed by atoms with Crippen LogP contribution in [0.4, 0.5) is 13.2 Å². The summed E-state index contributed by atoms with van der Waals surface area (Å²) < 4.78 is 37.6. The molecule has 1 heterocycles. The summed E-state index contributed by atoms with van der Waals surface area (Å²) in [5.41, 5.74) is 1.37. The number of carbonyl (C=O) groups is 1. The summed E-state index contributed by atoms with van der Waals surface area (Å²) in [5, 5.41) is 9.71. The van der Waals surface area contributed by atoms with Crippen LogP contribution >= 0.6 is 0 Å². The van der Waals surface area contributed by atoms with Crippen molar-refractivity contribution in [2.75, 3.05) is 13.1 Å². The van der Waals surface area contributed by atoms with Gasteiger partial charge in [-0.25, -0.2) is 0 Å². The molecule has 3 rings (SSSR count). The van der Waals surface area contributed by atoms with Gasteiger partial charge in [-0.2, -0.15) is 13.2 Å². The molecule has 0 spiro atoms. The molecule has 3 nitrogen and oxygen atoms in total. The molecular weight excluding hydrogens is 283 g/mol. The van der Waals surface area contributed by atoms with E-state index >= 15 is 0 Å². The number of aromatic hydroxyl groups is 1. The minimum absolute atomic E-state index is 0.0954. The first kappa shape index (κ1) is 14.2. The van der Waals surface area contributed by atoms with Crippen molar-refractivity contribution in [1.29, 1.82) is 0 Å². The third-order valence-electron chi connectivity index (χ3n) is 4.71. The Morgan fingerprint density at radius 1 is 1.48 bits per heavy atom. The van der Waals surface area contributed by atoms with Crippen LogP contribution in [-0.4, -0.2) is 35.2 Å². The van der Waals surface area contributed by atoms with E-state index in [2.05, 4.69) is 0 Å². The molecule has 2 fully saturated rings. The summed E-state index contributed by atoms with van der Waals surface area (Å²) in [6.45, 7) is 2.19. The van der Waals surface area contributed by atoms with Gasteiger partial charge in [0, 0.05) is 18.5 Å². The Labute approximate surface area is 120 Å². The van der Waals surface area contributed by atoms with Crippen molar-refractivity contribution in [2.24, 2.45) is 5.92 Å². The van der Waals surface area contributed by atoms with Crippen molar-refractivity contribution in [1.82, 2.24) is 4.90 Å². The first-order chi connectivity index (χ1) is 9.78. The zero-order valence-corrected chi connectivity index (χ0v) is 11.6. The molecule has 1 saturated carbocycles. The number of rotatable bonds is 2. The molecule has 0 bridgehead atoms. The number of fused-ring (bicyclic) bond motifs is 1. The van der Waals surface area contributed by atoms with Crippen LogP contribution in [0.25, 0.3) is 0 Å². The van der Waals surface area contributed by atoms with E-state index in [1.807, 2.05) is 13.0 Å². The molecule has 1 amide bonds. The number of halogens is 3. The molecule has 1 aromatic rings. The topological polar surface area (TPSA) is 40.5 Å². The monoisotopic (exact) mass is 299 g/mol. The molecule has 0 radical (unpaired) electrons. The van der Waals surface area contributed by atoms with E-state index in [1.54, 1.807) is 12.1 Å². The Morgan fingerprint density at radius 3 is 2.81 bits per heavy atom. The number of amides is 1. The van der Waals surface area contributed by atoms with Crippen LogP contribution in [0, 0.1) is 5.92 Å². The van der Waals surface area contributed by atoms with E-state index in [-0.39, 0.29) is 30.2 Å². The van der Waals surface area contributed by atoms with Gasteiger partial charge in [0.05, 0.1) is 0 Å². The zero-order chi connectivity index (χ0) is 15.4. The predicted octanol–water partition coefficient (Wildman–Crippen LogP) is 2.62. The van der Waals surface area contributed by atoms with Crippen molar-refractivity contribution in [3.63, 3.8) is 0 Å². The Balaban J connectivity index is 1.84. The van der Waals surface area contributed by atoms with Gasteiger partial charge in [0.1, 0.15) is 5.75 Å². The smallest absolute Gasteiger partial charge is 0.471 e. The lowest BCUT2D eigenvalue weighted by atomic mass is 9.92. The van der Waals surface area contributed by atoms with Crippen LogP contribution in [0.1, 0.15) is 24.5 Å². The van der Waals surface area contributed by atoms with Gasteiger partial charge in [0.25, 0.3) is 0 Å². The van der Waals surface area contributed by atoms with Gasteiger partial charge in [0.15, 0.2) is 0 Å². The highest BCUT2D eigenvalue weighted by Gasteiger charge is 2.63. The quantitative estimate of drug-likeness (QED) is 0.912. The lowest BCUT2D eigenvalue weighted by Crippen LogP contribution is -2.41. The average Bonchev–Trinajstić information content (AvgIpc) is 3.00. The molecule has 2 aliphatic rings. The second-order valence-electron chi connectivity index (χ2n) is 5.94. The van der Waals surface area contributed by atoms with E-state index in [0.717, 1.165) is 22.4 Å². The lowest BCUT2D eigenvalue weighted by Gasteiger charge is -2.22. The third-order valence-corrected chi connectivity index (χ3v) is 4.71. The maximum Gasteiger partial charge on any atom is 0.471 e. The normalized spacial score (nSPS) is 27.6. The van der Waals surface area contributed by atoms with Crippen LogP contribution in [-0.2, 0) is 16.6 Å². The fourth-order valence-corrected chi connectivity index (χ4v) is 3.44. The third kappa shape index (κ3) is 2.17. The van der Waals surface area contributed by atoms with E-state index in [9.17, 15) is 23.1 Å². The number of nitrogens with zero attached hydrogens (tertiary/aromatic N) is 1. The molecule has 6 heteroatoms. The molecule has 0 unspecified atom stereocenters. The number of hydrogen-bond donors (Lipinski definition) is 1. The number of benzene rings is 1. The second kappa shape index (κ2) is 4.39. The SMILES string of the molecule is CCc1cc([C@@]23C[C@@H]2CN(C(=O)C(F)(F)F)C3)ccc1O. The van der Waals surface area contributed by atoms with Crippen LogP contribution < -0.4 is 0 Å². The number of piperidine rings is 1. The fraction of sp³-hybridized carbons (Fsp3) is 0.533. The van der Waals surface area contributed by atoms with Crippen molar-refractivity contribution in [3.05, 3.63) is 29.3 Å². The minimum atomic E-state index is -4.80. The standard InChI is InChI=1S/C15H16F3NO2/c1-2-9-5-10(3-4-12(9)20)14-6-11(14)7-19(8-14)13(21)15(16,17)18/h3-5,11,20H,2,6-8H2,1H3/t11-,14+/m1/s1. The van der Waals surface area contributed by atoms with Crippen LogP contribution in [0.15, 0.2) is 18.2 Å². The van der Waals surface area contributed by atoms with Crippen molar-refractivity contribution in [3.8, 4) is 5.75 Å². The molecule has 21 heavy (non-hydrogen) atoms. The van der Waals surface area contributed by atoms with Crippen LogP contribution in [0.2, 0.25) is 0 Å². The van der Waals surface area contributed by atoms with E-state index in [0.29, 0.717) is 6.42 Å². The predicted molar refractivity (Wildman–Crippen MR) is 69.9 cm³/mol. The zero-order valence-electron chi connectivity index (χ0n) is 11.6. The number of aryl methyl sites for hydroxylation is 1. The highest BCUT2D eigenvalue weighted by molar-refractivity contribution is 5.82.